The van der Waals surface area contributed by atoms with Gasteiger partial charge in [-0.1, -0.05) is 29.0 Å². The van der Waals surface area contributed by atoms with Gasteiger partial charge in [0, 0.05) is 16.6 Å². The van der Waals surface area contributed by atoms with Crippen LogP contribution in [0, 0.1) is 6.92 Å². The first-order chi connectivity index (χ1) is 11.2. The Hall–Kier alpha value is -2.30. The highest BCUT2D eigenvalue weighted by molar-refractivity contribution is 7.23. The SMILES string of the molecule is Cc1ccc2c(c1)sc1nc(-c3cc4cc(Cl)ccc4o3)cn12. The Morgan fingerprint density at radius 3 is 2.96 bits per heavy atom. The highest BCUT2D eigenvalue weighted by Gasteiger charge is 2.13. The largest absolute Gasteiger partial charge is 0.454 e. The molecule has 5 aromatic rings. The number of nitrogens with zero attached hydrogens (tertiary/aromatic N) is 2. The third-order valence-corrected chi connectivity index (χ3v) is 5.23. The summed E-state index contributed by atoms with van der Waals surface area (Å²) in [7, 11) is 0. The van der Waals surface area contributed by atoms with Crippen LogP contribution in [-0.2, 0) is 0 Å². The van der Waals surface area contributed by atoms with Crippen molar-refractivity contribution in [1.29, 1.82) is 0 Å². The van der Waals surface area contributed by atoms with E-state index in [0.29, 0.717) is 5.02 Å². The first-order valence-electron chi connectivity index (χ1n) is 7.25. The first kappa shape index (κ1) is 13.2. The minimum absolute atomic E-state index is 0.706. The molecule has 0 aliphatic heterocycles. The van der Waals surface area contributed by atoms with E-state index in [9.17, 15) is 0 Å². The molecule has 0 saturated carbocycles. The number of thiazole rings is 1. The summed E-state index contributed by atoms with van der Waals surface area (Å²) in [5.41, 5.74) is 4.09. The molecule has 3 heterocycles. The fraction of sp³-hybridized carbons (Fsp3) is 0.0556. The maximum Gasteiger partial charge on any atom is 0.195 e. The minimum atomic E-state index is 0.706. The maximum atomic E-state index is 6.04. The summed E-state index contributed by atoms with van der Waals surface area (Å²) in [5.74, 6) is 0.762. The van der Waals surface area contributed by atoms with Gasteiger partial charge < -0.3 is 4.42 Å². The van der Waals surface area contributed by atoms with Crippen molar-refractivity contribution in [3.63, 3.8) is 0 Å². The fourth-order valence-corrected chi connectivity index (χ4v) is 4.15. The van der Waals surface area contributed by atoms with Crippen molar-refractivity contribution >= 4 is 49.1 Å². The molecule has 0 saturated heterocycles. The lowest BCUT2D eigenvalue weighted by atomic mass is 10.2. The molecule has 0 radical (unpaired) electrons. The third kappa shape index (κ3) is 1.99. The molecule has 0 fully saturated rings. The average molecular weight is 339 g/mol. The van der Waals surface area contributed by atoms with Gasteiger partial charge in [-0.05, 0) is 48.9 Å². The van der Waals surface area contributed by atoms with Gasteiger partial charge in [-0.25, -0.2) is 4.98 Å². The lowest BCUT2D eigenvalue weighted by molar-refractivity contribution is 0.629. The number of aryl methyl sites for hydroxylation is 1. The summed E-state index contributed by atoms with van der Waals surface area (Å²) in [5, 5.41) is 1.70. The van der Waals surface area contributed by atoms with Gasteiger partial charge >= 0.3 is 0 Å². The van der Waals surface area contributed by atoms with Crippen molar-refractivity contribution < 1.29 is 4.42 Å². The molecule has 0 aliphatic rings. The van der Waals surface area contributed by atoms with Crippen LogP contribution in [0.2, 0.25) is 5.02 Å². The minimum Gasteiger partial charge on any atom is -0.454 e. The summed E-state index contributed by atoms with van der Waals surface area (Å²) < 4.78 is 9.28. The Bertz CT molecular complexity index is 1200. The molecule has 0 aliphatic carbocycles. The van der Waals surface area contributed by atoms with Gasteiger partial charge in [-0.2, -0.15) is 0 Å². The van der Waals surface area contributed by atoms with Crippen molar-refractivity contribution in [2.45, 2.75) is 6.92 Å². The quantitative estimate of drug-likeness (QED) is 0.379. The Balaban J connectivity index is 1.72. The van der Waals surface area contributed by atoms with E-state index in [-0.39, 0.29) is 0 Å². The molecular weight excluding hydrogens is 328 g/mol. The van der Waals surface area contributed by atoms with E-state index in [4.69, 9.17) is 21.0 Å². The standard InChI is InChI=1S/C18H11ClN2OS/c1-10-2-4-14-17(6-10)23-18-20-13(9-21(14)18)16-8-11-7-12(19)3-5-15(11)22-16/h2-9H,1H3. The van der Waals surface area contributed by atoms with Crippen molar-refractivity contribution in [3.8, 4) is 11.5 Å². The first-order valence-corrected chi connectivity index (χ1v) is 8.44. The molecule has 0 atom stereocenters. The van der Waals surface area contributed by atoms with Gasteiger partial charge in [-0.15, -0.1) is 0 Å². The van der Waals surface area contributed by atoms with Crippen LogP contribution in [0.5, 0.6) is 0 Å². The summed E-state index contributed by atoms with van der Waals surface area (Å²) in [4.78, 5) is 5.69. The van der Waals surface area contributed by atoms with Crippen molar-refractivity contribution in [1.82, 2.24) is 9.38 Å². The van der Waals surface area contributed by atoms with E-state index in [1.54, 1.807) is 11.3 Å². The third-order valence-electron chi connectivity index (χ3n) is 3.98. The Morgan fingerprint density at radius 2 is 2.04 bits per heavy atom. The van der Waals surface area contributed by atoms with Gasteiger partial charge in [0.2, 0.25) is 0 Å². The number of halogens is 1. The molecule has 5 rings (SSSR count). The highest BCUT2D eigenvalue weighted by atomic mass is 35.5. The number of imidazole rings is 1. The van der Waals surface area contributed by atoms with E-state index in [1.165, 1.54) is 15.8 Å². The predicted molar refractivity (Wildman–Crippen MR) is 95.5 cm³/mol. The predicted octanol–water partition coefficient (Wildman–Crippen LogP) is 5.92. The number of hydrogen-bond acceptors (Lipinski definition) is 3. The van der Waals surface area contributed by atoms with E-state index in [2.05, 4.69) is 29.5 Å². The molecule has 0 amide bonds. The molecule has 0 bridgehead atoms. The maximum absolute atomic E-state index is 6.04. The van der Waals surface area contributed by atoms with Crippen LogP contribution in [-0.4, -0.2) is 9.38 Å². The zero-order valence-electron chi connectivity index (χ0n) is 12.2. The molecule has 5 heteroatoms. The second-order valence-corrected chi connectivity index (χ2v) is 7.09. The van der Waals surface area contributed by atoms with E-state index in [0.717, 1.165) is 27.4 Å². The van der Waals surface area contributed by atoms with Gasteiger partial charge in [0.15, 0.2) is 10.7 Å². The van der Waals surface area contributed by atoms with Crippen LogP contribution in [0.4, 0.5) is 0 Å². The Kier molecular flexibility index (Phi) is 2.63. The number of benzene rings is 2. The number of rotatable bonds is 1. The van der Waals surface area contributed by atoms with Crippen LogP contribution >= 0.6 is 22.9 Å². The van der Waals surface area contributed by atoms with E-state index >= 15 is 0 Å². The van der Waals surface area contributed by atoms with Crippen LogP contribution in [0.3, 0.4) is 0 Å². The lowest BCUT2D eigenvalue weighted by Crippen LogP contribution is -1.77. The van der Waals surface area contributed by atoms with Gasteiger partial charge in [-0.3, -0.25) is 4.40 Å². The molecular formula is C18H11ClN2OS. The second kappa shape index (κ2) is 4.60. The van der Waals surface area contributed by atoms with Crippen LogP contribution in [0.1, 0.15) is 5.56 Å². The lowest BCUT2D eigenvalue weighted by Gasteiger charge is -1.93. The number of aromatic nitrogens is 2. The number of hydrogen-bond donors (Lipinski definition) is 0. The molecule has 3 nitrogen and oxygen atoms in total. The molecule has 23 heavy (non-hydrogen) atoms. The topological polar surface area (TPSA) is 30.4 Å². The zero-order chi connectivity index (χ0) is 15.6. The van der Waals surface area contributed by atoms with Gasteiger partial charge in [0.05, 0.1) is 10.2 Å². The Labute approximate surface area is 140 Å². The van der Waals surface area contributed by atoms with E-state index in [1.807, 2.05) is 30.5 Å². The smallest absolute Gasteiger partial charge is 0.195 e. The zero-order valence-corrected chi connectivity index (χ0v) is 13.8. The van der Waals surface area contributed by atoms with E-state index < -0.39 is 0 Å². The highest BCUT2D eigenvalue weighted by Crippen LogP contribution is 2.33. The normalized spacial score (nSPS) is 11.9. The molecule has 3 aromatic heterocycles. The Morgan fingerprint density at radius 1 is 1.13 bits per heavy atom. The molecule has 0 spiro atoms. The number of fused-ring (bicyclic) bond motifs is 4. The number of furan rings is 1. The molecule has 112 valence electrons. The van der Waals surface area contributed by atoms with Crippen LogP contribution in [0.25, 0.3) is 37.6 Å². The van der Waals surface area contributed by atoms with Crippen molar-refractivity contribution in [2.24, 2.45) is 0 Å². The monoisotopic (exact) mass is 338 g/mol. The van der Waals surface area contributed by atoms with Crippen molar-refractivity contribution in [3.05, 3.63) is 59.2 Å². The van der Waals surface area contributed by atoms with Crippen LogP contribution < -0.4 is 0 Å². The summed E-state index contributed by atoms with van der Waals surface area (Å²) in [6.07, 6.45) is 2.03. The fourth-order valence-electron chi connectivity index (χ4n) is 2.87. The summed E-state index contributed by atoms with van der Waals surface area (Å²) in [6.45, 7) is 2.10. The van der Waals surface area contributed by atoms with Gasteiger partial charge in [0.1, 0.15) is 11.3 Å². The second-order valence-electron chi connectivity index (χ2n) is 5.64. The molecule has 2 aromatic carbocycles. The molecule has 0 N–H and O–H groups in total. The van der Waals surface area contributed by atoms with Crippen molar-refractivity contribution in [2.75, 3.05) is 0 Å². The van der Waals surface area contributed by atoms with Gasteiger partial charge in [0.25, 0.3) is 0 Å². The van der Waals surface area contributed by atoms with Crippen LogP contribution in [0.15, 0.2) is 53.1 Å². The summed E-state index contributed by atoms with van der Waals surface area (Å²) in [6, 6.07) is 14.1. The molecule has 0 unspecified atom stereocenters. The average Bonchev–Trinajstić information content (AvgIpc) is 3.17. The summed E-state index contributed by atoms with van der Waals surface area (Å²) >= 11 is 7.73.